The zero-order valence-electron chi connectivity index (χ0n) is 12.3. The van der Waals surface area contributed by atoms with Crippen molar-refractivity contribution in [3.63, 3.8) is 0 Å². The van der Waals surface area contributed by atoms with E-state index >= 15 is 0 Å². The lowest BCUT2D eigenvalue weighted by atomic mass is 9.62. The minimum atomic E-state index is -1.66. The van der Waals surface area contributed by atoms with Gasteiger partial charge < -0.3 is 15.2 Å². The van der Waals surface area contributed by atoms with Crippen molar-refractivity contribution < 1.29 is 9.47 Å². The highest BCUT2D eigenvalue weighted by Crippen LogP contribution is 2.50. The van der Waals surface area contributed by atoms with E-state index < -0.39 is 23.5 Å². The standard InChI is InChI=1S/C17H14N4O2/c18-8-12-14-15(23-7-6-22-14)13(11-4-2-1-3-5-11)17(9-19,10-20)16(12)21/h1-5,13-15H,6-7,21H2. The normalized spacial score (nSPS) is 28.8. The Morgan fingerprint density at radius 3 is 2.30 bits per heavy atom. The first-order chi connectivity index (χ1) is 11.2. The van der Waals surface area contributed by atoms with Crippen molar-refractivity contribution >= 4 is 0 Å². The van der Waals surface area contributed by atoms with Crippen LogP contribution >= 0.6 is 0 Å². The molecule has 0 spiro atoms. The van der Waals surface area contributed by atoms with Crippen LogP contribution < -0.4 is 5.73 Å². The van der Waals surface area contributed by atoms with Crippen molar-refractivity contribution in [2.75, 3.05) is 13.2 Å². The van der Waals surface area contributed by atoms with Gasteiger partial charge in [0.25, 0.3) is 0 Å². The highest BCUT2D eigenvalue weighted by molar-refractivity contribution is 5.51. The zero-order valence-corrected chi connectivity index (χ0v) is 12.3. The number of ether oxygens (including phenoxy) is 2. The summed E-state index contributed by atoms with van der Waals surface area (Å²) in [6.07, 6.45) is -1.26. The minimum absolute atomic E-state index is 0.0365. The third-order valence-electron chi connectivity index (χ3n) is 4.42. The van der Waals surface area contributed by atoms with Crippen LogP contribution in [-0.4, -0.2) is 25.4 Å². The summed E-state index contributed by atoms with van der Waals surface area (Å²) < 4.78 is 11.5. The molecule has 1 fully saturated rings. The van der Waals surface area contributed by atoms with Crippen LogP contribution in [0.1, 0.15) is 11.5 Å². The largest absolute Gasteiger partial charge is 0.399 e. The first-order valence-corrected chi connectivity index (χ1v) is 7.20. The third-order valence-corrected chi connectivity index (χ3v) is 4.42. The van der Waals surface area contributed by atoms with Gasteiger partial charge in [-0.3, -0.25) is 0 Å². The molecular weight excluding hydrogens is 292 g/mol. The number of nitrogens with two attached hydrogens (primary N) is 1. The molecular formula is C17H14N4O2. The molecule has 23 heavy (non-hydrogen) atoms. The molecule has 0 saturated carbocycles. The second-order valence-corrected chi connectivity index (χ2v) is 5.49. The molecule has 1 aliphatic carbocycles. The van der Waals surface area contributed by atoms with Crippen molar-refractivity contribution in [3.05, 3.63) is 47.2 Å². The SMILES string of the molecule is N#CC1=C(N)C(C#N)(C#N)C(c2ccccc2)C2OCCOC12. The summed E-state index contributed by atoms with van der Waals surface area (Å²) in [5.41, 5.74) is 5.28. The maximum Gasteiger partial charge on any atom is 0.193 e. The molecule has 1 heterocycles. The Bertz CT molecular complexity index is 753. The topological polar surface area (TPSA) is 116 Å². The molecule has 1 aromatic rings. The van der Waals surface area contributed by atoms with E-state index in [1.165, 1.54) is 0 Å². The number of hydrogen-bond donors (Lipinski definition) is 1. The number of rotatable bonds is 1. The van der Waals surface area contributed by atoms with Gasteiger partial charge >= 0.3 is 0 Å². The van der Waals surface area contributed by atoms with Crippen molar-refractivity contribution in [1.29, 1.82) is 15.8 Å². The van der Waals surface area contributed by atoms with Gasteiger partial charge in [-0.1, -0.05) is 30.3 Å². The summed E-state index contributed by atoms with van der Waals surface area (Å²) in [6, 6.07) is 15.2. The van der Waals surface area contributed by atoms with Crippen LogP contribution in [-0.2, 0) is 9.47 Å². The second kappa shape index (κ2) is 5.74. The molecule has 1 aliphatic heterocycles. The average Bonchev–Trinajstić information content (AvgIpc) is 2.61. The highest BCUT2D eigenvalue weighted by Gasteiger charge is 2.57. The molecule has 114 valence electrons. The van der Waals surface area contributed by atoms with Gasteiger partial charge in [-0.05, 0) is 5.56 Å². The van der Waals surface area contributed by atoms with Gasteiger partial charge in [0.1, 0.15) is 6.10 Å². The summed E-state index contributed by atoms with van der Waals surface area (Å²) in [7, 11) is 0. The van der Waals surface area contributed by atoms with Crippen LogP contribution in [0.15, 0.2) is 41.6 Å². The fourth-order valence-electron chi connectivity index (χ4n) is 3.35. The van der Waals surface area contributed by atoms with Crippen molar-refractivity contribution in [2.45, 2.75) is 18.1 Å². The molecule has 2 aliphatic rings. The first kappa shape index (κ1) is 15.1. The fourth-order valence-corrected chi connectivity index (χ4v) is 3.35. The van der Waals surface area contributed by atoms with E-state index in [-0.39, 0.29) is 11.3 Å². The predicted octanol–water partition coefficient (Wildman–Crippen LogP) is 1.34. The monoisotopic (exact) mass is 306 g/mol. The van der Waals surface area contributed by atoms with Gasteiger partial charge in [0.05, 0.1) is 54.7 Å². The lowest BCUT2D eigenvalue weighted by Gasteiger charge is -2.45. The van der Waals surface area contributed by atoms with Crippen LogP contribution in [0, 0.1) is 39.4 Å². The third kappa shape index (κ3) is 2.07. The Balaban J connectivity index is 2.27. The quantitative estimate of drug-likeness (QED) is 0.837. The molecule has 3 atom stereocenters. The molecule has 3 unspecified atom stereocenters. The number of allylic oxidation sites excluding steroid dienone is 1. The second-order valence-electron chi connectivity index (χ2n) is 5.49. The van der Waals surface area contributed by atoms with Crippen LogP contribution in [0.3, 0.4) is 0 Å². The van der Waals surface area contributed by atoms with E-state index in [1.54, 1.807) is 0 Å². The summed E-state index contributed by atoms with van der Waals surface area (Å²) in [6.45, 7) is 0.684. The molecule has 6 heteroatoms. The molecule has 6 nitrogen and oxygen atoms in total. The Kier molecular flexibility index (Phi) is 3.76. The Hall–Kier alpha value is -2.85. The lowest BCUT2D eigenvalue weighted by Crippen LogP contribution is -2.54. The van der Waals surface area contributed by atoms with Gasteiger partial charge in [0.2, 0.25) is 0 Å². The lowest BCUT2D eigenvalue weighted by molar-refractivity contribution is -0.144. The number of fused-ring (bicyclic) bond motifs is 1. The number of nitrogens with zero attached hydrogens (tertiary/aromatic N) is 3. The number of hydrogen-bond acceptors (Lipinski definition) is 6. The predicted molar refractivity (Wildman–Crippen MR) is 79.1 cm³/mol. The highest BCUT2D eigenvalue weighted by atomic mass is 16.6. The van der Waals surface area contributed by atoms with Gasteiger partial charge in [-0.15, -0.1) is 0 Å². The van der Waals surface area contributed by atoms with Crippen LogP contribution in [0.4, 0.5) is 0 Å². The van der Waals surface area contributed by atoms with E-state index in [2.05, 4.69) is 0 Å². The summed E-state index contributed by atoms with van der Waals surface area (Å²) in [5, 5.41) is 28.9. The molecule has 1 aromatic carbocycles. The number of nitriles is 3. The van der Waals surface area contributed by atoms with E-state index in [0.717, 1.165) is 5.56 Å². The maximum atomic E-state index is 9.75. The van der Waals surface area contributed by atoms with E-state index in [9.17, 15) is 15.8 Å². The molecule has 3 rings (SSSR count). The summed E-state index contributed by atoms with van der Waals surface area (Å²) in [5.74, 6) is -0.624. The van der Waals surface area contributed by atoms with Crippen LogP contribution in [0.2, 0.25) is 0 Å². The summed E-state index contributed by atoms with van der Waals surface area (Å²) >= 11 is 0. The van der Waals surface area contributed by atoms with Gasteiger partial charge in [-0.25, -0.2) is 0 Å². The first-order valence-electron chi connectivity index (χ1n) is 7.20. The molecule has 1 saturated heterocycles. The molecule has 0 amide bonds. The fraction of sp³-hybridized carbons (Fsp3) is 0.353. The van der Waals surface area contributed by atoms with Crippen molar-refractivity contribution in [3.8, 4) is 18.2 Å². The summed E-state index contributed by atoms with van der Waals surface area (Å²) in [4.78, 5) is 0. The van der Waals surface area contributed by atoms with E-state index in [0.29, 0.717) is 13.2 Å². The zero-order chi connectivity index (χ0) is 16.4. The molecule has 2 N–H and O–H groups in total. The van der Waals surface area contributed by atoms with E-state index in [4.69, 9.17) is 15.2 Å². The van der Waals surface area contributed by atoms with Gasteiger partial charge in [0.15, 0.2) is 5.41 Å². The molecule has 0 aromatic heterocycles. The minimum Gasteiger partial charge on any atom is -0.399 e. The Morgan fingerprint density at radius 1 is 1.04 bits per heavy atom. The van der Waals surface area contributed by atoms with E-state index in [1.807, 2.05) is 48.5 Å². The Labute approximate surface area is 133 Å². The molecule has 0 bridgehead atoms. The van der Waals surface area contributed by atoms with Gasteiger partial charge in [-0.2, -0.15) is 15.8 Å². The number of benzene rings is 1. The maximum absolute atomic E-state index is 9.75. The van der Waals surface area contributed by atoms with Crippen LogP contribution in [0.5, 0.6) is 0 Å². The average molecular weight is 306 g/mol. The Morgan fingerprint density at radius 2 is 1.70 bits per heavy atom. The van der Waals surface area contributed by atoms with Crippen molar-refractivity contribution in [1.82, 2.24) is 0 Å². The molecule has 0 radical (unpaired) electrons. The van der Waals surface area contributed by atoms with Crippen molar-refractivity contribution in [2.24, 2.45) is 11.1 Å². The smallest absolute Gasteiger partial charge is 0.193 e. The van der Waals surface area contributed by atoms with Crippen LogP contribution in [0.25, 0.3) is 0 Å². The van der Waals surface area contributed by atoms with Gasteiger partial charge in [0, 0.05) is 0 Å².